The van der Waals surface area contributed by atoms with Crippen LogP contribution < -0.4 is 19.5 Å². The maximum absolute atomic E-state index is 12.0. The fraction of sp³-hybridized carbons (Fsp3) is 0.286. The van der Waals surface area contributed by atoms with Gasteiger partial charge in [-0.3, -0.25) is 4.79 Å². The number of carbonyl (C=O) groups excluding carboxylic acids is 1. The van der Waals surface area contributed by atoms with Gasteiger partial charge in [0, 0.05) is 12.1 Å². The molecular weight excluding hydrogens is 406 g/mol. The third-order valence-corrected chi connectivity index (χ3v) is 5.13. The molecule has 8 nitrogen and oxygen atoms in total. The number of thioether (sulfide) groups is 1. The highest BCUT2D eigenvalue weighted by Crippen LogP contribution is 2.31. The van der Waals surface area contributed by atoms with Gasteiger partial charge in [-0.1, -0.05) is 17.3 Å². The summed E-state index contributed by atoms with van der Waals surface area (Å²) in [5, 5.41) is 6.88. The van der Waals surface area contributed by atoms with Gasteiger partial charge in [-0.15, -0.1) is 11.8 Å². The molecule has 0 saturated carbocycles. The molecule has 0 aliphatic rings. The predicted molar refractivity (Wildman–Crippen MR) is 114 cm³/mol. The molecule has 1 N–H and O–H groups in total. The van der Waals surface area contributed by atoms with E-state index in [2.05, 4.69) is 15.5 Å². The highest BCUT2D eigenvalue weighted by molar-refractivity contribution is 7.99. The van der Waals surface area contributed by atoms with Crippen molar-refractivity contribution in [2.24, 2.45) is 0 Å². The molecule has 0 unspecified atom stereocenters. The largest absolute Gasteiger partial charge is 0.497 e. The van der Waals surface area contributed by atoms with Gasteiger partial charge in [0.25, 0.3) is 0 Å². The smallest absolute Gasteiger partial charge is 0.236 e. The Morgan fingerprint density at radius 2 is 1.80 bits per heavy atom. The van der Waals surface area contributed by atoms with Gasteiger partial charge in [0.2, 0.25) is 17.6 Å². The molecule has 0 radical (unpaired) electrons. The lowest BCUT2D eigenvalue weighted by molar-refractivity contribution is -0.118. The molecule has 0 atom stereocenters. The van der Waals surface area contributed by atoms with Gasteiger partial charge < -0.3 is 24.1 Å². The van der Waals surface area contributed by atoms with Gasteiger partial charge >= 0.3 is 0 Å². The summed E-state index contributed by atoms with van der Waals surface area (Å²) in [6, 6.07) is 13.0. The van der Waals surface area contributed by atoms with Crippen molar-refractivity contribution >= 4 is 17.7 Å². The zero-order chi connectivity index (χ0) is 21.3. The van der Waals surface area contributed by atoms with Crippen LogP contribution in [-0.2, 0) is 17.1 Å². The summed E-state index contributed by atoms with van der Waals surface area (Å²) in [4.78, 5) is 16.4. The van der Waals surface area contributed by atoms with Crippen LogP contribution in [0.25, 0.3) is 11.4 Å². The van der Waals surface area contributed by atoms with E-state index < -0.39 is 0 Å². The monoisotopic (exact) mass is 429 g/mol. The SMILES string of the molecule is COc1ccc(CNC(=O)CSCc2nc(-c3ccc(OC)c(OC)c3)no2)cc1. The molecule has 0 fully saturated rings. The maximum Gasteiger partial charge on any atom is 0.236 e. The van der Waals surface area contributed by atoms with Gasteiger partial charge in [0.05, 0.1) is 32.8 Å². The number of methoxy groups -OCH3 is 3. The molecule has 1 heterocycles. The molecule has 0 spiro atoms. The van der Waals surface area contributed by atoms with Crippen molar-refractivity contribution in [1.82, 2.24) is 15.5 Å². The van der Waals surface area contributed by atoms with Crippen molar-refractivity contribution in [3.63, 3.8) is 0 Å². The lowest BCUT2D eigenvalue weighted by Gasteiger charge is -2.07. The molecule has 1 amide bonds. The van der Waals surface area contributed by atoms with E-state index in [1.165, 1.54) is 11.8 Å². The normalized spacial score (nSPS) is 10.5. The van der Waals surface area contributed by atoms with Gasteiger partial charge in [-0.05, 0) is 35.9 Å². The first kappa shape index (κ1) is 21.5. The number of amides is 1. The third-order valence-electron chi connectivity index (χ3n) is 4.22. The lowest BCUT2D eigenvalue weighted by atomic mass is 10.2. The van der Waals surface area contributed by atoms with Gasteiger partial charge in [0.15, 0.2) is 11.5 Å². The van der Waals surface area contributed by atoms with Crippen LogP contribution in [-0.4, -0.2) is 43.1 Å². The Balaban J connectivity index is 1.46. The summed E-state index contributed by atoms with van der Waals surface area (Å²) in [7, 11) is 4.77. The second-order valence-electron chi connectivity index (χ2n) is 6.20. The zero-order valence-corrected chi connectivity index (χ0v) is 17.8. The van der Waals surface area contributed by atoms with E-state index in [9.17, 15) is 4.79 Å². The average molecular weight is 429 g/mol. The van der Waals surface area contributed by atoms with Crippen LogP contribution in [0.15, 0.2) is 47.0 Å². The van der Waals surface area contributed by atoms with E-state index in [4.69, 9.17) is 18.7 Å². The highest BCUT2D eigenvalue weighted by atomic mass is 32.2. The van der Waals surface area contributed by atoms with Crippen LogP contribution in [0.4, 0.5) is 0 Å². The minimum atomic E-state index is -0.0598. The van der Waals surface area contributed by atoms with E-state index in [0.717, 1.165) is 16.9 Å². The molecule has 9 heteroatoms. The Morgan fingerprint density at radius 3 is 2.50 bits per heavy atom. The lowest BCUT2D eigenvalue weighted by Crippen LogP contribution is -2.24. The van der Waals surface area contributed by atoms with E-state index in [1.807, 2.05) is 30.3 Å². The number of nitrogens with zero attached hydrogens (tertiary/aromatic N) is 2. The summed E-state index contributed by atoms with van der Waals surface area (Å²) >= 11 is 1.40. The van der Waals surface area contributed by atoms with Crippen molar-refractivity contribution in [1.29, 1.82) is 0 Å². The van der Waals surface area contributed by atoms with E-state index in [1.54, 1.807) is 33.5 Å². The number of ether oxygens (including phenoxy) is 3. The van der Waals surface area contributed by atoms with Gasteiger partial charge in [-0.2, -0.15) is 4.98 Å². The summed E-state index contributed by atoms with van der Waals surface area (Å²) in [6.07, 6.45) is 0. The minimum absolute atomic E-state index is 0.0598. The van der Waals surface area contributed by atoms with Crippen LogP contribution in [0.1, 0.15) is 11.5 Å². The molecule has 3 aromatic rings. The number of rotatable bonds is 10. The predicted octanol–water partition coefficient (Wildman–Crippen LogP) is 3.31. The van der Waals surface area contributed by atoms with E-state index in [-0.39, 0.29) is 5.91 Å². The fourth-order valence-corrected chi connectivity index (χ4v) is 3.31. The van der Waals surface area contributed by atoms with Crippen LogP contribution in [0.3, 0.4) is 0 Å². The summed E-state index contributed by atoms with van der Waals surface area (Å²) < 4.78 is 20.9. The van der Waals surface area contributed by atoms with Gasteiger partial charge in [-0.25, -0.2) is 0 Å². The van der Waals surface area contributed by atoms with E-state index >= 15 is 0 Å². The van der Waals surface area contributed by atoms with Crippen molar-refractivity contribution in [3.05, 3.63) is 53.9 Å². The van der Waals surface area contributed by atoms with Crippen LogP contribution in [0, 0.1) is 0 Å². The van der Waals surface area contributed by atoms with Crippen LogP contribution >= 0.6 is 11.8 Å². The number of hydrogen-bond donors (Lipinski definition) is 1. The zero-order valence-electron chi connectivity index (χ0n) is 17.0. The second-order valence-corrected chi connectivity index (χ2v) is 7.18. The van der Waals surface area contributed by atoms with Crippen molar-refractivity contribution < 1.29 is 23.5 Å². The van der Waals surface area contributed by atoms with Crippen molar-refractivity contribution in [2.45, 2.75) is 12.3 Å². The number of carbonyl (C=O) groups is 1. The number of hydrogen-bond acceptors (Lipinski definition) is 8. The van der Waals surface area contributed by atoms with Gasteiger partial charge in [0.1, 0.15) is 5.75 Å². The molecular formula is C21H23N3O5S. The topological polar surface area (TPSA) is 95.7 Å². The first-order valence-corrected chi connectivity index (χ1v) is 10.3. The second kappa shape index (κ2) is 10.5. The quantitative estimate of drug-likeness (QED) is 0.524. The summed E-state index contributed by atoms with van der Waals surface area (Å²) in [6.45, 7) is 0.466. The highest BCUT2D eigenvalue weighted by Gasteiger charge is 2.13. The molecule has 0 bridgehead atoms. The molecule has 0 aliphatic carbocycles. The Kier molecular flexibility index (Phi) is 7.56. The molecule has 0 aliphatic heterocycles. The van der Waals surface area contributed by atoms with Crippen LogP contribution in [0.5, 0.6) is 17.2 Å². The Morgan fingerprint density at radius 1 is 1.03 bits per heavy atom. The average Bonchev–Trinajstić information content (AvgIpc) is 3.26. The summed E-state index contributed by atoms with van der Waals surface area (Å²) in [5.41, 5.74) is 1.76. The molecule has 2 aromatic carbocycles. The Labute approximate surface area is 178 Å². The molecule has 158 valence electrons. The van der Waals surface area contributed by atoms with Crippen molar-refractivity contribution in [3.8, 4) is 28.6 Å². The summed E-state index contributed by atoms with van der Waals surface area (Å²) in [5.74, 6) is 3.58. The molecule has 0 saturated heterocycles. The fourth-order valence-electron chi connectivity index (χ4n) is 2.63. The van der Waals surface area contributed by atoms with Crippen LogP contribution in [0.2, 0.25) is 0 Å². The number of aromatic nitrogens is 2. The third kappa shape index (κ3) is 5.66. The molecule has 1 aromatic heterocycles. The maximum atomic E-state index is 12.0. The Hall–Kier alpha value is -3.20. The molecule has 3 rings (SSSR count). The first-order valence-electron chi connectivity index (χ1n) is 9.15. The van der Waals surface area contributed by atoms with E-state index in [0.29, 0.717) is 41.3 Å². The standard InChI is InChI=1S/C21H23N3O5S/c1-26-16-7-4-14(5-8-16)11-22-19(25)12-30-13-20-23-21(24-29-20)15-6-9-17(27-2)18(10-15)28-3/h4-10H,11-13H2,1-3H3,(H,22,25). The minimum Gasteiger partial charge on any atom is -0.497 e. The Bertz CT molecular complexity index is 975. The number of benzene rings is 2. The molecule has 30 heavy (non-hydrogen) atoms. The van der Waals surface area contributed by atoms with Crippen molar-refractivity contribution in [2.75, 3.05) is 27.1 Å². The number of nitrogens with one attached hydrogen (secondary N) is 1. The first-order chi connectivity index (χ1) is 14.6.